The quantitative estimate of drug-likeness (QED) is 0.397. The molecule has 6 nitrogen and oxygen atoms in total. The predicted molar refractivity (Wildman–Crippen MR) is 131 cm³/mol. The van der Waals surface area contributed by atoms with Crippen LogP contribution in [0.2, 0.25) is 0 Å². The Balaban J connectivity index is 1.11. The number of nitrogens with zero attached hydrogens (tertiary/aromatic N) is 5. The van der Waals surface area contributed by atoms with E-state index in [1.165, 1.54) is 16.6 Å². The maximum Gasteiger partial charge on any atom is 0.134 e. The molecule has 1 fully saturated rings. The number of aromatic nitrogens is 3. The highest BCUT2D eigenvalue weighted by Crippen LogP contribution is 2.28. The molecule has 3 aromatic heterocycles. The van der Waals surface area contributed by atoms with Crippen molar-refractivity contribution in [2.75, 3.05) is 39.3 Å². The van der Waals surface area contributed by atoms with E-state index in [0.717, 1.165) is 68.8 Å². The van der Waals surface area contributed by atoms with Crippen LogP contribution in [-0.2, 0) is 6.42 Å². The van der Waals surface area contributed by atoms with E-state index in [-0.39, 0.29) is 0 Å². The van der Waals surface area contributed by atoms with Crippen molar-refractivity contribution in [2.45, 2.75) is 25.7 Å². The van der Waals surface area contributed by atoms with Crippen LogP contribution in [0.5, 0.6) is 0 Å². The molecular formula is C27H31N5O. The Morgan fingerprint density at radius 2 is 1.79 bits per heavy atom. The van der Waals surface area contributed by atoms with Crippen molar-refractivity contribution in [3.05, 3.63) is 78.8 Å². The highest BCUT2D eigenvalue weighted by atomic mass is 16.3. The SMILES string of the molecule is CC(CN1CCN(CCCc2coc3ccc(-c4cncnc4)cc23)CC1)c1ccccn1. The third-order valence-corrected chi connectivity index (χ3v) is 6.66. The second-order valence-corrected chi connectivity index (χ2v) is 9.00. The van der Waals surface area contributed by atoms with E-state index in [9.17, 15) is 0 Å². The van der Waals surface area contributed by atoms with Crippen LogP contribution in [0.4, 0.5) is 0 Å². The molecule has 5 rings (SSSR count). The van der Waals surface area contributed by atoms with E-state index in [2.05, 4.69) is 55.9 Å². The van der Waals surface area contributed by atoms with Gasteiger partial charge >= 0.3 is 0 Å². The first-order chi connectivity index (χ1) is 16.3. The molecule has 1 atom stereocenters. The van der Waals surface area contributed by atoms with Crippen molar-refractivity contribution in [1.82, 2.24) is 24.8 Å². The summed E-state index contributed by atoms with van der Waals surface area (Å²) >= 11 is 0. The highest BCUT2D eigenvalue weighted by Gasteiger charge is 2.19. The molecule has 1 unspecified atom stereocenters. The third kappa shape index (κ3) is 5.29. The number of hydrogen-bond acceptors (Lipinski definition) is 6. The summed E-state index contributed by atoms with van der Waals surface area (Å²) in [6.45, 7) is 9.03. The van der Waals surface area contributed by atoms with Crippen molar-refractivity contribution in [3.8, 4) is 11.1 Å². The van der Waals surface area contributed by atoms with E-state index < -0.39 is 0 Å². The summed E-state index contributed by atoms with van der Waals surface area (Å²) in [4.78, 5) is 18.0. The van der Waals surface area contributed by atoms with Crippen molar-refractivity contribution >= 4 is 11.0 Å². The summed E-state index contributed by atoms with van der Waals surface area (Å²) in [7, 11) is 0. The number of furan rings is 1. The van der Waals surface area contributed by atoms with Crippen molar-refractivity contribution in [2.24, 2.45) is 0 Å². The molecule has 0 radical (unpaired) electrons. The first-order valence-corrected chi connectivity index (χ1v) is 11.9. The average molecular weight is 442 g/mol. The number of benzene rings is 1. The van der Waals surface area contributed by atoms with Crippen molar-refractivity contribution < 1.29 is 4.42 Å². The van der Waals surface area contributed by atoms with Gasteiger partial charge in [0.05, 0.1) is 6.26 Å². The molecule has 1 aliphatic heterocycles. The molecule has 4 aromatic rings. The lowest BCUT2D eigenvalue weighted by Crippen LogP contribution is -2.47. The zero-order chi connectivity index (χ0) is 22.5. The minimum absolute atomic E-state index is 0.472. The first kappa shape index (κ1) is 21.7. The lowest BCUT2D eigenvalue weighted by atomic mass is 10.0. The number of fused-ring (bicyclic) bond motifs is 1. The van der Waals surface area contributed by atoms with Gasteiger partial charge in [0, 0.05) is 73.9 Å². The van der Waals surface area contributed by atoms with Gasteiger partial charge in [-0.15, -0.1) is 0 Å². The van der Waals surface area contributed by atoms with E-state index in [0.29, 0.717) is 5.92 Å². The molecule has 0 aliphatic carbocycles. The second-order valence-electron chi connectivity index (χ2n) is 9.00. The molecule has 170 valence electrons. The van der Waals surface area contributed by atoms with Gasteiger partial charge in [0.15, 0.2) is 0 Å². The number of pyridine rings is 1. The van der Waals surface area contributed by atoms with Gasteiger partial charge in [-0.25, -0.2) is 9.97 Å². The maximum absolute atomic E-state index is 5.81. The van der Waals surface area contributed by atoms with Gasteiger partial charge in [-0.3, -0.25) is 4.98 Å². The highest BCUT2D eigenvalue weighted by molar-refractivity contribution is 5.86. The first-order valence-electron chi connectivity index (χ1n) is 11.9. The van der Waals surface area contributed by atoms with E-state index in [1.807, 2.05) is 37.0 Å². The van der Waals surface area contributed by atoms with Gasteiger partial charge in [-0.05, 0) is 54.8 Å². The molecule has 0 bridgehead atoms. The number of aryl methyl sites for hydroxylation is 1. The number of hydrogen-bond donors (Lipinski definition) is 0. The number of piperazine rings is 1. The summed E-state index contributed by atoms with van der Waals surface area (Å²) in [5, 5.41) is 1.20. The molecule has 0 saturated carbocycles. The van der Waals surface area contributed by atoms with Crippen LogP contribution in [0.3, 0.4) is 0 Å². The van der Waals surface area contributed by atoms with Gasteiger partial charge in [0.25, 0.3) is 0 Å². The Bertz CT molecular complexity index is 1150. The Morgan fingerprint density at radius 3 is 2.58 bits per heavy atom. The smallest absolute Gasteiger partial charge is 0.134 e. The summed E-state index contributed by atoms with van der Waals surface area (Å²) in [5.74, 6) is 0.472. The molecule has 1 saturated heterocycles. The molecule has 1 aromatic carbocycles. The Kier molecular flexibility index (Phi) is 6.74. The standard InChI is InChI=1S/C27H31N5O/c1-21(26-6-2-3-9-30-26)18-32-13-11-31(12-14-32)10-4-5-23-19-33-27-8-7-22(15-25(23)27)24-16-28-20-29-17-24/h2-3,6-9,15-17,19-21H,4-5,10-14,18H2,1H3. The van der Waals surface area contributed by atoms with Gasteiger partial charge in [-0.1, -0.05) is 19.1 Å². The van der Waals surface area contributed by atoms with Gasteiger partial charge in [0.2, 0.25) is 0 Å². The summed E-state index contributed by atoms with van der Waals surface area (Å²) in [6, 6.07) is 12.5. The van der Waals surface area contributed by atoms with E-state index >= 15 is 0 Å². The van der Waals surface area contributed by atoms with E-state index in [1.54, 1.807) is 6.33 Å². The molecule has 4 heterocycles. The van der Waals surface area contributed by atoms with Crippen LogP contribution in [0, 0.1) is 0 Å². The van der Waals surface area contributed by atoms with Crippen LogP contribution in [0.15, 0.2) is 72.0 Å². The minimum Gasteiger partial charge on any atom is -0.464 e. The van der Waals surface area contributed by atoms with Crippen molar-refractivity contribution in [1.29, 1.82) is 0 Å². The zero-order valence-corrected chi connectivity index (χ0v) is 19.2. The Morgan fingerprint density at radius 1 is 0.970 bits per heavy atom. The van der Waals surface area contributed by atoms with Crippen LogP contribution >= 0.6 is 0 Å². The maximum atomic E-state index is 5.81. The lowest BCUT2D eigenvalue weighted by Gasteiger charge is -2.35. The predicted octanol–water partition coefficient (Wildman–Crippen LogP) is 4.64. The summed E-state index contributed by atoms with van der Waals surface area (Å²) < 4.78 is 5.81. The average Bonchev–Trinajstić information content (AvgIpc) is 3.28. The lowest BCUT2D eigenvalue weighted by molar-refractivity contribution is 0.127. The second kappa shape index (κ2) is 10.2. The molecule has 0 amide bonds. The Labute approximate surface area is 195 Å². The van der Waals surface area contributed by atoms with Gasteiger partial charge in [0.1, 0.15) is 11.9 Å². The fraction of sp³-hybridized carbons (Fsp3) is 0.370. The van der Waals surface area contributed by atoms with Crippen molar-refractivity contribution in [3.63, 3.8) is 0 Å². The fourth-order valence-electron chi connectivity index (χ4n) is 4.74. The normalized spacial score (nSPS) is 16.3. The van der Waals surface area contributed by atoms with Crippen LogP contribution in [0.1, 0.15) is 30.5 Å². The van der Waals surface area contributed by atoms with Gasteiger partial charge in [-0.2, -0.15) is 0 Å². The topological polar surface area (TPSA) is 58.3 Å². The monoisotopic (exact) mass is 441 g/mol. The molecule has 6 heteroatoms. The summed E-state index contributed by atoms with van der Waals surface area (Å²) in [5.41, 5.74) is 5.58. The molecule has 0 N–H and O–H groups in total. The minimum atomic E-state index is 0.472. The van der Waals surface area contributed by atoms with Crippen LogP contribution in [-0.4, -0.2) is 64.0 Å². The van der Waals surface area contributed by atoms with Gasteiger partial charge < -0.3 is 14.2 Å². The van der Waals surface area contributed by atoms with Crippen LogP contribution < -0.4 is 0 Å². The summed E-state index contributed by atoms with van der Waals surface area (Å²) in [6.07, 6.45) is 11.2. The Hall–Kier alpha value is -3.09. The molecule has 1 aliphatic rings. The molecular weight excluding hydrogens is 410 g/mol. The third-order valence-electron chi connectivity index (χ3n) is 6.66. The van der Waals surface area contributed by atoms with Crippen LogP contribution in [0.25, 0.3) is 22.1 Å². The molecule has 0 spiro atoms. The fourth-order valence-corrected chi connectivity index (χ4v) is 4.74. The zero-order valence-electron chi connectivity index (χ0n) is 19.2. The number of rotatable bonds is 8. The molecule has 33 heavy (non-hydrogen) atoms. The van der Waals surface area contributed by atoms with E-state index in [4.69, 9.17) is 4.42 Å². The largest absolute Gasteiger partial charge is 0.464 e.